The van der Waals surface area contributed by atoms with Crippen molar-refractivity contribution in [3.63, 3.8) is 0 Å². The number of anilines is 1. The summed E-state index contributed by atoms with van der Waals surface area (Å²) in [7, 11) is -18.0. The molecule has 2 aliphatic heterocycles. The zero-order chi connectivity index (χ0) is 104. The Morgan fingerprint density at radius 2 is 0.887 bits per heavy atom. The van der Waals surface area contributed by atoms with Crippen LogP contribution in [-0.2, 0) is 102 Å². The molecule has 3 aromatic carbocycles. The van der Waals surface area contributed by atoms with Gasteiger partial charge >= 0.3 is 53.7 Å². The second-order valence-electron chi connectivity index (χ2n) is 40.1. The van der Waals surface area contributed by atoms with E-state index in [1.807, 2.05) is 30.3 Å². The van der Waals surface area contributed by atoms with Crippen LogP contribution >= 0.6 is 22.1 Å². The molecule has 0 saturated heterocycles. The van der Waals surface area contributed by atoms with Crippen LogP contribution in [0.2, 0.25) is 0 Å². The summed E-state index contributed by atoms with van der Waals surface area (Å²) in [6.07, 6.45) is 2.06. The molecule has 2 heterocycles. The summed E-state index contributed by atoms with van der Waals surface area (Å²) in [6.45, 7) is 9.55. The summed E-state index contributed by atoms with van der Waals surface area (Å²) in [5, 5.41) is 105. The van der Waals surface area contributed by atoms with Crippen LogP contribution < -0.4 is 36.6 Å². The largest absolute Gasteiger partial charge is 0.481 e. The first-order valence-electron chi connectivity index (χ1n) is 47.6. The van der Waals surface area contributed by atoms with Gasteiger partial charge in [-0.25, -0.2) is 14.4 Å². The molecule has 44 heteroatoms. The molecule has 10 rings (SSSR count). The number of carbonyl (C=O) groups excluding carboxylic acids is 5. The SMILES string of the molecule is CC1(C)C(/C=C/C2=C(Oc3ccc(S(=O)(=O)O)cc3)C(=C/C=C3/Nc4ccccc4C3(C)C)/CCC2)=[N+](CCCCCC(=O)NCCCCCC(=O)NC23CC4(CCC(=O)N[C@@H](CCP(=O)(O)CC(CCC(=O)O)C(=O)O)C(=O)O)CC(CCC(=O)N[C@@H](CCP(=O)(O)CC(CCC(=O)O)C(=O)O)C(=O)O)(CC(CCC(=O)N[C@@H](CCP(=O)(O)CC(CCC(=O)O)C(=O)O)C(=O)O)(C4)C2)C3)c2ccccc21. The van der Waals surface area contributed by atoms with Crippen LogP contribution in [0.3, 0.4) is 0 Å². The van der Waals surface area contributed by atoms with Crippen LogP contribution in [0.15, 0.2) is 125 Å². The van der Waals surface area contributed by atoms with Gasteiger partial charge in [-0.15, -0.1) is 0 Å². The van der Waals surface area contributed by atoms with Gasteiger partial charge in [0.25, 0.3) is 10.1 Å². The number of amides is 5. The van der Waals surface area contributed by atoms with Crippen LogP contribution in [-0.4, -0.2) is 241 Å². The lowest BCUT2D eigenvalue weighted by molar-refractivity contribution is -0.438. The number of hydrogen-bond donors (Lipinski definition) is 19. The summed E-state index contributed by atoms with van der Waals surface area (Å²) >= 11 is 0. The number of hydrogen-bond acceptors (Lipinski definition) is 21. The van der Waals surface area contributed by atoms with E-state index < -0.39 is 287 Å². The Morgan fingerprint density at radius 3 is 1.31 bits per heavy atom. The minimum atomic E-state index is -4.52. The van der Waals surface area contributed by atoms with Crippen molar-refractivity contribution in [2.24, 2.45) is 34.0 Å². The molecule has 0 spiro atoms. The summed E-state index contributed by atoms with van der Waals surface area (Å²) in [5.74, 6) is -21.0. The molecule has 6 unspecified atom stereocenters. The van der Waals surface area contributed by atoms with E-state index >= 15 is 0 Å². The predicted molar refractivity (Wildman–Crippen MR) is 514 cm³/mol. The van der Waals surface area contributed by atoms with Crippen LogP contribution in [0.1, 0.15) is 244 Å². The molecule has 5 amide bonds. The Labute approximate surface area is 817 Å². The molecule has 5 aliphatic carbocycles. The Hall–Kier alpha value is -11.1. The fourth-order valence-electron chi connectivity index (χ4n) is 21.7. The molecule has 7 aliphatic rings. The number of carboxylic acid groups (broad SMARTS) is 9. The normalized spacial score (nSPS) is 22.4. The smallest absolute Gasteiger partial charge is 0.326 e. The van der Waals surface area contributed by atoms with Gasteiger partial charge in [0, 0.05) is 141 Å². The highest BCUT2D eigenvalue weighted by Crippen LogP contribution is 2.74. The average Bonchev–Trinajstić information content (AvgIpc) is 1.39. The third-order valence-corrected chi connectivity index (χ3v) is 34.8. The van der Waals surface area contributed by atoms with Crippen molar-refractivity contribution < 1.29 is 164 Å². The quantitative estimate of drug-likeness (QED) is 0.0108. The first-order chi connectivity index (χ1) is 66.0. The van der Waals surface area contributed by atoms with E-state index in [0.29, 0.717) is 69.4 Å². The first-order valence-corrected chi connectivity index (χ1v) is 55.1. The lowest BCUT2D eigenvalue weighted by Gasteiger charge is -2.71. The molecule has 19 N–H and O–H groups in total. The highest BCUT2D eigenvalue weighted by Gasteiger charge is 2.68. The zero-order valence-corrected chi connectivity index (χ0v) is 83.2. The van der Waals surface area contributed by atoms with Crippen molar-refractivity contribution in [2.75, 3.05) is 55.4 Å². The molecule has 40 nitrogen and oxygen atoms in total. The lowest BCUT2D eigenvalue weighted by atomic mass is 9.35. The molecule has 4 bridgehead atoms. The molecule has 3 aromatic rings. The Kier molecular flexibility index (Phi) is 39.3. The molecular weight excluding hydrogens is 1920 g/mol. The molecule has 0 aromatic heterocycles. The maximum absolute atomic E-state index is 14.8. The van der Waals surface area contributed by atoms with Crippen molar-refractivity contribution in [3.05, 3.63) is 131 Å². The first kappa shape index (κ1) is 114. The third kappa shape index (κ3) is 33.0. The highest BCUT2D eigenvalue weighted by atomic mass is 32.2. The number of carbonyl (C=O) groups is 14. The van der Waals surface area contributed by atoms with E-state index in [9.17, 15) is 154 Å². The number of para-hydroxylation sites is 2. The summed E-state index contributed by atoms with van der Waals surface area (Å²) < 4.78 is 83.2. The van der Waals surface area contributed by atoms with E-state index in [1.54, 1.807) is 0 Å². The molecular formula is C97H133N7O33P3S+. The van der Waals surface area contributed by atoms with Crippen molar-refractivity contribution in [2.45, 2.75) is 273 Å². The van der Waals surface area contributed by atoms with E-state index in [-0.39, 0.29) is 93.4 Å². The minimum absolute atomic E-state index is 0.0797. The van der Waals surface area contributed by atoms with Crippen molar-refractivity contribution >= 4 is 133 Å². The number of rotatable bonds is 61. The van der Waals surface area contributed by atoms with E-state index in [0.717, 1.165) is 45.9 Å². The van der Waals surface area contributed by atoms with Gasteiger partial charge in [0.05, 0.1) is 28.1 Å². The van der Waals surface area contributed by atoms with Gasteiger partial charge in [-0.1, -0.05) is 62.7 Å². The Morgan fingerprint density at radius 1 is 0.461 bits per heavy atom. The van der Waals surface area contributed by atoms with Crippen LogP contribution in [0, 0.1) is 34.0 Å². The maximum Gasteiger partial charge on any atom is 0.326 e. The number of aliphatic carboxylic acids is 9. The number of carboxylic acids is 9. The summed E-state index contributed by atoms with van der Waals surface area (Å²) in [6, 6.07) is 16.4. The van der Waals surface area contributed by atoms with Crippen LogP contribution in [0.5, 0.6) is 5.75 Å². The van der Waals surface area contributed by atoms with Crippen LogP contribution in [0.25, 0.3) is 0 Å². The van der Waals surface area contributed by atoms with Gasteiger partial charge in [-0.3, -0.25) is 71.0 Å². The molecule has 4 fully saturated rings. The summed E-state index contributed by atoms with van der Waals surface area (Å²) in [4.78, 5) is 212. The maximum atomic E-state index is 14.8. The van der Waals surface area contributed by atoms with Crippen molar-refractivity contribution in [1.82, 2.24) is 26.6 Å². The van der Waals surface area contributed by atoms with Gasteiger partial charge in [0.15, 0.2) is 5.71 Å². The molecule has 9 atom stereocenters. The topological polar surface area (TPSA) is 672 Å². The Bertz CT molecular complexity index is 5370. The van der Waals surface area contributed by atoms with Gasteiger partial charge in [0.2, 0.25) is 57.3 Å². The predicted octanol–water partition coefficient (Wildman–Crippen LogP) is 11.8. The highest BCUT2D eigenvalue weighted by molar-refractivity contribution is 7.85. The minimum Gasteiger partial charge on any atom is -0.481 e. The van der Waals surface area contributed by atoms with E-state index in [1.165, 1.54) is 29.8 Å². The Balaban J connectivity index is 0.901. The average molecular weight is 2050 g/mol. The van der Waals surface area contributed by atoms with Gasteiger partial charge < -0.3 is 97.3 Å². The van der Waals surface area contributed by atoms with Crippen molar-refractivity contribution in [1.29, 1.82) is 0 Å². The van der Waals surface area contributed by atoms with Gasteiger partial charge in [0.1, 0.15) is 36.2 Å². The monoisotopic (exact) mass is 2050 g/mol. The molecule has 141 heavy (non-hydrogen) atoms. The number of nitrogens with one attached hydrogen (secondary N) is 6. The van der Waals surface area contributed by atoms with E-state index in [2.05, 4.69) is 107 Å². The summed E-state index contributed by atoms with van der Waals surface area (Å²) in [5.41, 5.74) is 2.97. The number of nitrogens with zero attached hydrogens (tertiary/aromatic N) is 1. The standard InChI is InChI=1S/C97H132N7O33P3S/c1-92(2)68-18-9-11-20-70(68)99-75(92)33-24-61-16-15-17-62(85(61)137-66-29-31-67(32-30-66)141(134,135)136)25-34-76-93(3,4)69-19-10-12-21-74(69)104(76)48-14-6-8-22-77(105)98-47-13-5-7-23-81(109)103-97-58-94(44-38-78(106)100-71(89(122)123)41-49-138(128,129)52-63(86(116)117)26-35-82(110)111)55-95(59-97,45-39-79(107)101-72(90(124)125)42-50-139(130,131)53-64(87(118)119)27-36-83(112)113)57-96(56-94,60-97)46-40-80(108)102-73(91(126)127)43-51-140(132,133)54-65(88(120)121)28-37-84(114)115/h9-12,18-21,24-25,29-34,63-65,71-73H,5-8,13-17,22-23,26-28,35-60H2,1-4H3,(H18,98,100,101,102,103,105,106,107,108,109,110,111,112,113,114,115,116,117,118,119,120,121,122,123,124,125,126,127,128,129,130,131,132,133,134,135,136)/p+1/t63?,64?,65?,71-,72-,73-,94?,95?,96?,97?/m0/s1. The number of benzene rings is 3. The number of ether oxygens (including phenoxy) is 1. The molecule has 4 saturated carbocycles. The van der Waals surface area contributed by atoms with Crippen LogP contribution in [0.4, 0.5) is 11.4 Å². The van der Waals surface area contributed by atoms with Gasteiger partial charge in [-0.2, -0.15) is 13.0 Å². The second kappa shape index (κ2) is 48.8. The zero-order valence-electron chi connectivity index (χ0n) is 79.7. The fourth-order valence-corrected chi connectivity index (χ4v) is 27.8. The lowest BCUT2D eigenvalue weighted by Crippen LogP contribution is -2.69. The third-order valence-electron chi connectivity index (χ3n) is 28.1. The number of unbranched alkanes of at least 4 members (excludes halogenated alkanes) is 4. The number of allylic oxidation sites excluding steroid dienone is 7. The van der Waals surface area contributed by atoms with Crippen molar-refractivity contribution in [3.8, 4) is 5.75 Å². The molecule has 774 valence electrons. The number of fused-ring (bicyclic) bond motifs is 2. The van der Waals surface area contributed by atoms with E-state index in [4.69, 9.17) is 4.74 Å². The molecule has 0 radical (unpaired) electrons. The fraction of sp³-hybridized carbons (Fsp3) is 0.577. The second-order valence-corrected chi connectivity index (χ2v) is 49.0. The van der Waals surface area contributed by atoms with Gasteiger partial charge in [-0.05, 0) is 231 Å².